The number of aromatic nitrogens is 3. The Morgan fingerprint density at radius 2 is 2.11 bits per heavy atom. The number of benzene rings is 1. The van der Waals surface area contributed by atoms with Crippen LogP contribution in [0.1, 0.15) is 11.4 Å². The van der Waals surface area contributed by atoms with E-state index in [2.05, 4.69) is 37.9 Å². The minimum absolute atomic E-state index is 0.711. The van der Waals surface area contributed by atoms with Crippen LogP contribution < -0.4 is 5.32 Å². The van der Waals surface area contributed by atoms with E-state index in [4.69, 9.17) is 0 Å². The van der Waals surface area contributed by atoms with Crippen LogP contribution in [0.15, 0.2) is 36.5 Å². The average Bonchev–Trinajstić information content (AvgIpc) is 2.82. The first-order chi connectivity index (χ1) is 8.83. The maximum absolute atomic E-state index is 4.43. The van der Waals surface area contributed by atoms with Gasteiger partial charge in [-0.3, -0.25) is 4.98 Å². The fourth-order valence-electron chi connectivity index (χ4n) is 1.85. The van der Waals surface area contributed by atoms with Crippen LogP contribution in [0.2, 0.25) is 0 Å². The number of fused-ring (bicyclic) bond motifs is 1. The Hall–Kier alpha value is -2.01. The predicted octanol–water partition coefficient (Wildman–Crippen LogP) is 3.01. The fourth-order valence-corrected chi connectivity index (χ4v) is 2.42. The summed E-state index contributed by atoms with van der Waals surface area (Å²) < 4.78 is 4.14. The second-order valence-electron chi connectivity index (χ2n) is 3.99. The van der Waals surface area contributed by atoms with Crippen LogP contribution in [0.4, 0.5) is 5.13 Å². The summed E-state index contributed by atoms with van der Waals surface area (Å²) in [5.74, 6) is 0.804. The van der Waals surface area contributed by atoms with E-state index in [1.165, 1.54) is 17.1 Å². The fraction of sp³-hybridized carbons (Fsp3) is 0.154. The number of rotatable bonds is 3. The molecule has 0 amide bonds. The van der Waals surface area contributed by atoms with Crippen LogP contribution in [0.25, 0.3) is 10.9 Å². The minimum Gasteiger partial charge on any atom is -0.356 e. The van der Waals surface area contributed by atoms with E-state index in [1.54, 1.807) is 0 Å². The molecule has 0 atom stereocenters. The molecule has 0 aliphatic carbocycles. The van der Waals surface area contributed by atoms with Gasteiger partial charge in [0.25, 0.3) is 0 Å². The molecule has 0 spiro atoms. The summed E-state index contributed by atoms with van der Waals surface area (Å²) in [6, 6.07) is 10.2. The Morgan fingerprint density at radius 3 is 2.94 bits per heavy atom. The van der Waals surface area contributed by atoms with Gasteiger partial charge in [0.1, 0.15) is 5.82 Å². The molecule has 4 nitrogen and oxygen atoms in total. The van der Waals surface area contributed by atoms with Gasteiger partial charge in [-0.05, 0) is 18.6 Å². The normalized spacial score (nSPS) is 10.7. The topological polar surface area (TPSA) is 50.7 Å². The highest BCUT2D eigenvalue weighted by atomic mass is 32.1. The number of aryl methyl sites for hydroxylation is 1. The Labute approximate surface area is 109 Å². The molecule has 5 heteroatoms. The van der Waals surface area contributed by atoms with Crippen molar-refractivity contribution in [3.63, 3.8) is 0 Å². The summed E-state index contributed by atoms with van der Waals surface area (Å²) in [6.45, 7) is 2.60. The number of nitrogens with one attached hydrogen (secondary N) is 1. The summed E-state index contributed by atoms with van der Waals surface area (Å²) in [5, 5.41) is 5.28. The van der Waals surface area contributed by atoms with E-state index in [1.807, 2.05) is 25.3 Å². The van der Waals surface area contributed by atoms with Gasteiger partial charge in [0.05, 0.1) is 5.52 Å². The van der Waals surface area contributed by atoms with Gasteiger partial charge < -0.3 is 5.32 Å². The van der Waals surface area contributed by atoms with Crippen LogP contribution in [-0.4, -0.2) is 14.3 Å². The van der Waals surface area contributed by atoms with Crippen molar-refractivity contribution in [2.45, 2.75) is 13.5 Å². The molecule has 0 bridgehead atoms. The molecule has 18 heavy (non-hydrogen) atoms. The van der Waals surface area contributed by atoms with E-state index in [-0.39, 0.29) is 0 Å². The van der Waals surface area contributed by atoms with E-state index < -0.39 is 0 Å². The van der Waals surface area contributed by atoms with Gasteiger partial charge in [-0.2, -0.15) is 4.37 Å². The molecule has 1 N–H and O–H groups in total. The molecule has 0 saturated heterocycles. The number of para-hydroxylation sites is 1. The Balaban J connectivity index is 1.86. The third-order valence-corrected chi connectivity index (χ3v) is 3.44. The highest BCUT2D eigenvalue weighted by Gasteiger charge is 2.03. The molecule has 0 aliphatic heterocycles. The van der Waals surface area contributed by atoms with Crippen LogP contribution >= 0.6 is 11.5 Å². The maximum atomic E-state index is 4.43. The van der Waals surface area contributed by atoms with Gasteiger partial charge in [0, 0.05) is 29.7 Å². The molecular formula is C13H12N4S. The van der Waals surface area contributed by atoms with E-state index in [0.29, 0.717) is 6.54 Å². The molecule has 3 aromatic rings. The van der Waals surface area contributed by atoms with Gasteiger partial charge in [-0.25, -0.2) is 4.98 Å². The zero-order chi connectivity index (χ0) is 12.4. The zero-order valence-corrected chi connectivity index (χ0v) is 10.7. The van der Waals surface area contributed by atoms with E-state index >= 15 is 0 Å². The lowest BCUT2D eigenvalue weighted by atomic mass is 10.1. The molecule has 0 aliphatic rings. The predicted molar refractivity (Wildman–Crippen MR) is 73.7 cm³/mol. The molecule has 0 unspecified atom stereocenters. The Kier molecular flexibility index (Phi) is 2.90. The first-order valence-electron chi connectivity index (χ1n) is 5.70. The lowest BCUT2D eigenvalue weighted by Gasteiger charge is -2.05. The molecular weight excluding hydrogens is 244 g/mol. The van der Waals surface area contributed by atoms with Gasteiger partial charge in [-0.15, -0.1) is 0 Å². The van der Waals surface area contributed by atoms with Gasteiger partial charge >= 0.3 is 0 Å². The lowest BCUT2D eigenvalue weighted by Crippen LogP contribution is -2.00. The van der Waals surface area contributed by atoms with Crippen molar-refractivity contribution in [1.29, 1.82) is 0 Å². The Morgan fingerprint density at radius 1 is 1.22 bits per heavy atom. The first kappa shape index (κ1) is 11.1. The number of nitrogens with zero attached hydrogens (tertiary/aromatic N) is 3. The largest absolute Gasteiger partial charge is 0.356 e. The summed E-state index contributed by atoms with van der Waals surface area (Å²) in [6.07, 6.45) is 1.82. The van der Waals surface area contributed by atoms with Crippen molar-refractivity contribution in [3.8, 4) is 0 Å². The molecule has 0 radical (unpaired) electrons. The van der Waals surface area contributed by atoms with Crippen LogP contribution in [0, 0.1) is 6.92 Å². The number of hydrogen-bond acceptors (Lipinski definition) is 5. The Bertz CT molecular complexity index is 672. The highest BCUT2D eigenvalue weighted by molar-refractivity contribution is 7.09. The van der Waals surface area contributed by atoms with Crippen LogP contribution in [-0.2, 0) is 6.54 Å². The summed E-state index contributed by atoms with van der Waals surface area (Å²) >= 11 is 1.38. The third kappa shape index (κ3) is 2.17. The van der Waals surface area contributed by atoms with Crippen LogP contribution in [0.5, 0.6) is 0 Å². The maximum Gasteiger partial charge on any atom is 0.202 e. The van der Waals surface area contributed by atoms with Crippen molar-refractivity contribution in [2.75, 3.05) is 5.32 Å². The molecule has 3 rings (SSSR count). The SMILES string of the molecule is Cc1nsc(NCc2cccc3cccnc23)n1. The lowest BCUT2D eigenvalue weighted by molar-refractivity contribution is 1.11. The zero-order valence-electron chi connectivity index (χ0n) is 9.92. The molecule has 2 heterocycles. The second kappa shape index (κ2) is 4.70. The molecule has 0 fully saturated rings. The van der Waals surface area contributed by atoms with Crippen molar-refractivity contribution < 1.29 is 0 Å². The monoisotopic (exact) mass is 256 g/mol. The van der Waals surface area contributed by atoms with Crippen molar-refractivity contribution in [2.24, 2.45) is 0 Å². The van der Waals surface area contributed by atoms with Crippen molar-refractivity contribution >= 4 is 27.6 Å². The van der Waals surface area contributed by atoms with E-state index in [0.717, 1.165) is 21.9 Å². The third-order valence-electron chi connectivity index (χ3n) is 2.67. The molecule has 2 aromatic heterocycles. The smallest absolute Gasteiger partial charge is 0.202 e. The number of hydrogen-bond donors (Lipinski definition) is 1. The highest BCUT2D eigenvalue weighted by Crippen LogP contribution is 2.18. The van der Waals surface area contributed by atoms with Gasteiger partial charge in [-0.1, -0.05) is 24.3 Å². The minimum atomic E-state index is 0.711. The average molecular weight is 256 g/mol. The van der Waals surface area contributed by atoms with Crippen molar-refractivity contribution in [3.05, 3.63) is 47.9 Å². The van der Waals surface area contributed by atoms with Gasteiger partial charge in [0.2, 0.25) is 5.13 Å². The van der Waals surface area contributed by atoms with Crippen molar-refractivity contribution in [1.82, 2.24) is 14.3 Å². The first-order valence-corrected chi connectivity index (χ1v) is 6.47. The standard InChI is InChI=1S/C13H12N4S/c1-9-16-13(18-17-9)15-8-11-5-2-4-10-6-3-7-14-12(10)11/h2-7H,8H2,1H3,(H,15,16,17). The number of anilines is 1. The second-order valence-corrected chi connectivity index (χ2v) is 4.74. The van der Waals surface area contributed by atoms with Gasteiger partial charge in [0.15, 0.2) is 0 Å². The summed E-state index contributed by atoms with van der Waals surface area (Å²) in [7, 11) is 0. The van der Waals surface area contributed by atoms with Crippen LogP contribution in [0.3, 0.4) is 0 Å². The quantitative estimate of drug-likeness (QED) is 0.782. The molecule has 90 valence electrons. The van der Waals surface area contributed by atoms with E-state index in [9.17, 15) is 0 Å². The molecule has 0 saturated carbocycles. The summed E-state index contributed by atoms with van der Waals surface area (Å²) in [4.78, 5) is 8.71. The summed E-state index contributed by atoms with van der Waals surface area (Å²) in [5.41, 5.74) is 2.20. The number of pyridine rings is 1. The molecule has 1 aromatic carbocycles.